The van der Waals surface area contributed by atoms with Crippen molar-refractivity contribution in [3.63, 3.8) is 0 Å². The highest BCUT2D eigenvalue weighted by molar-refractivity contribution is 5.85. The van der Waals surface area contributed by atoms with E-state index in [1.807, 2.05) is 6.07 Å². The van der Waals surface area contributed by atoms with E-state index in [1.165, 1.54) is 16.7 Å². The van der Waals surface area contributed by atoms with Crippen LogP contribution in [-0.4, -0.2) is 20.3 Å². The molecule has 0 aliphatic heterocycles. The second-order valence-corrected chi connectivity index (χ2v) is 4.59. The maximum absolute atomic E-state index is 5.02. The lowest BCUT2D eigenvalue weighted by Gasteiger charge is -2.06. The largest absolute Gasteiger partial charge is 0.385 e. The Balaban J connectivity index is 0.00000200. The SMILES string of the molecule is COCCCNCc1ccc(-c2ccccc2)cc1.Cl. The molecular weight excluding hydrogens is 270 g/mol. The summed E-state index contributed by atoms with van der Waals surface area (Å²) < 4.78 is 5.02. The Morgan fingerprint density at radius 1 is 0.900 bits per heavy atom. The lowest BCUT2D eigenvalue weighted by molar-refractivity contribution is 0.194. The average Bonchev–Trinajstić information content (AvgIpc) is 2.49. The molecule has 2 aromatic carbocycles. The van der Waals surface area contributed by atoms with Crippen molar-refractivity contribution in [3.05, 3.63) is 60.2 Å². The molecule has 2 nitrogen and oxygen atoms in total. The van der Waals surface area contributed by atoms with E-state index < -0.39 is 0 Å². The third kappa shape index (κ3) is 5.33. The maximum atomic E-state index is 5.02. The Kier molecular flexibility index (Phi) is 7.97. The first-order valence-corrected chi connectivity index (χ1v) is 6.74. The van der Waals surface area contributed by atoms with E-state index in [4.69, 9.17) is 4.74 Å². The molecule has 0 amide bonds. The summed E-state index contributed by atoms with van der Waals surface area (Å²) in [6.45, 7) is 2.73. The molecular formula is C17H22ClNO. The minimum absolute atomic E-state index is 0. The molecule has 0 atom stereocenters. The van der Waals surface area contributed by atoms with Gasteiger partial charge in [0.2, 0.25) is 0 Å². The predicted octanol–water partition coefficient (Wildman–Crippen LogP) is 3.90. The zero-order valence-corrected chi connectivity index (χ0v) is 12.7. The fraction of sp³-hybridized carbons (Fsp3) is 0.294. The molecule has 0 aliphatic rings. The van der Waals surface area contributed by atoms with Gasteiger partial charge >= 0.3 is 0 Å². The van der Waals surface area contributed by atoms with Crippen molar-refractivity contribution in [1.29, 1.82) is 0 Å². The van der Waals surface area contributed by atoms with E-state index in [0.717, 1.165) is 26.1 Å². The normalized spacial score (nSPS) is 10.1. The number of benzene rings is 2. The molecule has 2 rings (SSSR count). The van der Waals surface area contributed by atoms with Crippen LogP contribution in [0.15, 0.2) is 54.6 Å². The highest BCUT2D eigenvalue weighted by atomic mass is 35.5. The smallest absolute Gasteiger partial charge is 0.0474 e. The number of ether oxygens (including phenoxy) is 1. The van der Waals surface area contributed by atoms with Crippen LogP contribution in [0.2, 0.25) is 0 Å². The van der Waals surface area contributed by atoms with E-state index in [2.05, 4.69) is 53.8 Å². The second kappa shape index (κ2) is 9.54. The lowest BCUT2D eigenvalue weighted by Crippen LogP contribution is -2.15. The Hall–Kier alpha value is -1.35. The van der Waals surface area contributed by atoms with Crippen molar-refractivity contribution in [2.24, 2.45) is 0 Å². The van der Waals surface area contributed by atoms with Gasteiger partial charge in [-0.2, -0.15) is 0 Å². The monoisotopic (exact) mass is 291 g/mol. The van der Waals surface area contributed by atoms with Crippen LogP contribution in [0.5, 0.6) is 0 Å². The van der Waals surface area contributed by atoms with Gasteiger partial charge in [-0.25, -0.2) is 0 Å². The number of nitrogens with one attached hydrogen (secondary N) is 1. The first kappa shape index (κ1) is 16.7. The van der Waals surface area contributed by atoms with Crippen LogP contribution in [-0.2, 0) is 11.3 Å². The first-order chi connectivity index (χ1) is 9.40. The number of halogens is 1. The van der Waals surface area contributed by atoms with Gasteiger partial charge in [0.1, 0.15) is 0 Å². The number of hydrogen-bond donors (Lipinski definition) is 1. The van der Waals surface area contributed by atoms with Crippen LogP contribution < -0.4 is 5.32 Å². The van der Waals surface area contributed by atoms with Gasteiger partial charge in [0.05, 0.1) is 0 Å². The minimum Gasteiger partial charge on any atom is -0.385 e. The summed E-state index contributed by atoms with van der Waals surface area (Å²) >= 11 is 0. The molecule has 0 fully saturated rings. The Morgan fingerprint density at radius 3 is 2.20 bits per heavy atom. The zero-order valence-electron chi connectivity index (χ0n) is 11.8. The molecule has 0 unspecified atom stereocenters. The van der Waals surface area contributed by atoms with Gasteiger partial charge in [0, 0.05) is 20.3 Å². The third-order valence-electron chi connectivity index (χ3n) is 3.09. The molecule has 0 saturated heterocycles. The summed E-state index contributed by atoms with van der Waals surface area (Å²) in [5, 5.41) is 3.42. The van der Waals surface area contributed by atoms with E-state index in [0.29, 0.717) is 0 Å². The molecule has 0 bridgehead atoms. The average molecular weight is 292 g/mol. The van der Waals surface area contributed by atoms with Crippen LogP contribution in [0.4, 0.5) is 0 Å². The predicted molar refractivity (Wildman–Crippen MR) is 87.3 cm³/mol. The molecule has 0 saturated carbocycles. The fourth-order valence-corrected chi connectivity index (χ4v) is 2.02. The molecule has 0 aromatic heterocycles. The summed E-state index contributed by atoms with van der Waals surface area (Å²) in [5.41, 5.74) is 3.85. The van der Waals surface area contributed by atoms with Crippen LogP contribution in [0.25, 0.3) is 11.1 Å². The van der Waals surface area contributed by atoms with Crippen molar-refractivity contribution in [1.82, 2.24) is 5.32 Å². The van der Waals surface area contributed by atoms with Crippen molar-refractivity contribution < 1.29 is 4.74 Å². The molecule has 0 radical (unpaired) electrons. The van der Waals surface area contributed by atoms with E-state index in [1.54, 1.807) is 7.11 Å². The van der Waals surface area contributed by atoms with Gasteiger partial charge in [0.15, 0.2) is 0 Å². The van der Waals surface area contributed by atoms with Crippen molar-refractivity contribution >= 4 is 12.4 Å². The minimum atomic E-state index is 0. The highest BCUT2D eigenvalue weighted by Gasteiger charge is 1.97. The summed E-state index contributed by atoms with van der Waals surface area (Å²) in [5.74, 6) is 0. The van der Waals surface area contributed by atoms with Crippen molar-refractivity contribution in [3.8, 4) is 11.1 Å². The highest BCUT2D eigenvalue weighted by Crippen LogP contribution is 2.19. The van der Waals surface area contributed by atoms with Crippen LogP contribution in [0.3, 0.4) is 0 Å². The Labute approximate surface area is 127 Å². The standard InChI is InChI=1S/C17H21NO.ClH/c1-19-13-5-12-18-14-15-8-10-17(11-9-15)16-6-3-2-4-7-16;/h2-4,6-11,18H,5,12-14H2,1H3;1H. The van der Waals surface area contributed by atoms with E-state index in [9.17, 15) is 0 Å². The quantitative estimate of drug-likeness (QED) is 0.781. The van der Waals surface area contributed by atoms with Crippen LogP contribution in [0, 0.1) is 0 Å². The molecule has 0 heterocycles. The van der Waals surface area contributed by atoms with E-state index in [-0.39, 0.29) is 12.4 Å². The van der Waals surface area contributed by atoms with Gasteiger partial charge < -0.3 is 10.1 Å². The Bertz CT molecular complexity index is 470. The van der Waals surface area contributed by atoms with Crippen LogP contribution >= 0.6 is 12.4 Å². The number of hydrogen-bond acceptors (Lipinski definition) is 2. The van der Waals surface area contributed by atoms with Crippen molar-refractivity contribution in [2.75, 3.05) is 20.3 Å². The number of rotatable bonds is 7. The fourth-order valence-electron chi connectivity index (χ4n) is 2.02. The molecule has 20 heavy (non-hydrogen) atoms. The summed E-state index contributed by atoms with van der Waals surface area (Å²) in [4.78, 5) is 0. The van der Waals surface area contributed by atoms with Crippen LogP contribution in [0.1, 0.15) is 12.0 Å². The number of methoxy groups -OCH3 is 1. The summed E-state index contributed by atoms with van der Waals surface area (Å²) in [6.07, 6.45) is 1.05. The molecule has 0 spiro atoms. The topological polar surface area (TPSA) is 21.3 Å². The van der Waals surface area contributed by atoms with E-state index >= 15 is 0 Å². The first-order valence-electron chi connectivity index (χ1n) is 6.74. The lowest BCUT2D eigenvalue weighted by atomic mass is 10.0. The molecule has 0 aliphatic carbocycles. The van der Waals surface area contributed by atoms with Gasteiger partial charge in [-0.3, -0.25) is 0 Å². The third-order valence-corrected chi connectivity index (χ3v) is 3.09. The second-order valence-electron chi connectivity index (χ2n) is 4.59. The van der Waals surface area contributed by atoms with Gasteiger partial charge in [-0.05, 0) is 29.7 Å². The molecule has 1 N–H and O–H groups in total. The van der Waals surface area contributed by atoms with Gasteiger partial charge in [0.25, 0.3) is 0 Å². The van der Waals surface area contributed by atoms with Gasteiger partial charge in [-0.15, -0.1) is 12.4 Å². The molecule has 3 heteroatoms. The summed E-state index contributed by atoms with van der Waals surface area (Å²) in [6, 6.07) is 19.2. The zero-order chi connectivity index (χ0) is 13.3. The molecule has 2 aromatic rings. The Morgan fingerprint density at radius 2 is 1.55 bits per heavy atom. The van der Waals surface area contributed by atoms with Crippen molar-refractivity contribution in [2.45, 2.75) is 13.0 Å². The summed E-state index contributed by atoms with van der Waals surface area (Å²) in [7, 11) is 1.74. The maximum Gasteiger partial charge on any atom is 0.0474 e. The molecule has 108 valence electrons. The van der Waals surface area contributed by atoms with Gasteiger partial charge in [-0.1, -0.05) is 54.6 Å².